The van der Waals surface area contributed by atoms with Gasteiger partial charge in [0.05, 0.1) is 19.3 Å². The molecule has 1 aliphatic carbocycles. The van der Waals surface area contributed by atoms with Crippen LogP contribution in [0, 0.1) is 5.92 Å². The molecule has 7 rings (SSSR count). The van der Waals surface area contributed by atoms with Crippen LogP contribution in [0.4, 0.5) is 0 Å². The number of phenols is 3. The maximum Gasteiger partial charge on any atom is 0.164 e. The molecule has 1 fully saturated rings. The molecule has 0 saturated heterocycles. The standard InChI is InChI=1S/C50H55NO7/c1-3-34-17-18-35-10-7-8-15-41(35)42(34)29-44-37(19-21-46(54)50(44)57-2)27-38(24-33-22-23-51-31-33)47(55)30-48(56)43(36-11-9-12-39(52)28-36)25-32-16-20-45(53)49(26-32)58-40-13-5-4-6-14-40/h7-12,15-23,26,28,31,38,40,43,47,51-55H,3-6,13-14,24-25,27,29-30H2,1-2H3. The van der Waals surface area contributed by atoms with Crippen molar-refractivity contribution in [3.05, 3.63) is 148 Å². The molecule has 0 aliphatic heterocycles. The van der Waals surface area contributed by atoms with Gasteiger partial charge < -0.3 is 34.9 Å². The minimum Gasteiger partial charge on any atom is -0.508 e. The summed E-state index contributed by atoms with van der Waals surface area (Å²) < 4.78 is 12.1. The van der Waals surface area contributed by atoms with E-state index in [1.807, 2.05) is 48.8 Å². The van der Waals surface area contributed by atoms with Crippen molar-refractivity contribution in [1.82, 2.24) is 4.98 Å². The summed E-state index contributed by atoms with van der Waals surface area (Å²) in [4.78, 5) is 17.7. The summed E-state index contributed by atoms with van der Waals surface area (Å²) in [5.74, 6) is -0.228. The molecule has 58 heavy (non-hydrogen) atoms. The largest absolute Gasteiger partial charge is 0.508 e. The second-order valence-corrected chi connectivity index (χ2v) is 15.9. The third-order valence-corrected chi connectivity index (χ3v) is 12.0. The monoisotopic (exact) mass is 781 g/mol. The van der Waals surface area contributed by atoms with Crippen LogP contribution in [-0.2, 0) is 36.9 Å². The molecule has 5 aromatic carbocycles. The first kappa shape index (κ1) is 40.5. The number of aromatic hydroxyl groups is 3. The van der Waals surface area contributed by atoms with Crippen LogP contribution in [0.5, 0.6) is 28.7 Å². The van der Waals surface area contributed by atoms with Gasteiger partial charge in [0.2, 0.25) is 0 Å². The molecule has 5 N–H and O–H groups in total. The molecule has 0 spiro atoms. The van der Waals surface area contributed by atoms with E-state index in [-0.39, 0.29) is 41.5 Å². The van der Waals surface area contributed by atoms with Gasteiger partial charge in [0.15, 0.2) is 23.0 Å². The molecule has 0 amide bonds. The highest BCUT2D eigenvalue weighted by Gasteiger charge is 2.30. The molecule has 8 nitrogen and oxygen atoms in total. The van der Waals surface area contributed by atoms with Gasteiger partial charge >= 0.3 is 0 Å². The third kappa shape index (κ3) is 9.51. The molecule has 6 aromatic rings. The van der Waals surface area contributed by atoms with Gasteiger partial charge in [-0.2, -0.15) is 0 Å². The molecule has 3 unspecified atom stereocenters. The molecule has 1 aliphatic rings. The first-order chi connectivity index (χ1) is 28.2. The van der Waals surface area contributed by atoms with Crippen LogP contribution in [0.1, 0.15) is 90.3 Å². The van der Waals surface area contributed by atoms with E-state index in [9.17, 15) is 25.2 Å². The Kier molecular flexibility index (Phi) is 13.0. The van der Waals surface area contributed by atoms with E-state index < -0.39 is 12.0 Å². The predicted molar refractivity (Wildman–Crippen MR) is 228 cm³/mol. The van der Waals surface area contributed by atoms with Gasteiger partial charge in [0.25, 0.3) is 0 Å². The first-order valence-electron chi connectivity index (χ1n) is 20.7. The minimum absolute atomic E-state index is 0.0420. The van der Waals surface area contributed by atoms with Crippen LogP contribution >= 0.6 is 0 Å². The topological polar surface area (TPSA) is 132 Å². The highest BCUT2D eigenvalue weighted by molar-refractivity contribution is 5.88. The van der Waals surface area contributed by atoms with Crippen molar-refractivity contribution in [2.45, 2.75) is 95.7 Å². The fraction of sp³-hybridized carbons (Fsp3) is 0.340. The number of aromatic amines is 1. The molecular weight excluding hydrogens is 727 g/mol. The maximum atomic E-state index is 14.6. The number of aromatic nitrogens is 1. The third-order valence-electron chi connectivity index (χ3n) is 12.0. The lowest BCUT2D eigenvalue weighted by Gasteiger charge is -2.27. The molecule has 8 heteroatoms. The second kappa shape index (κ2) is 18.7. The van der Waals surface area contributed by atoms with Gasteiger partial charge in [-0.3, -0.25) is 4.79 Å². The van der Waals surface area contributed by atoms with Crippen LogP contribution in [0.15, 0.2) is 109 Å². The number of carbonyl (C=O) groups excluding carboxylic acids is 1. The summed E-state index contributed by atoms with van der Waals surface area (Å²) in [5.41, 5.74) is 6.62. The summed E-state index contributed by atoms with van der Waals surface area (Å²) in [6, 6.07) is 30.2. The van der Waals surface area contributed by atoms with Gasteiger partial charge in [-0.25, -0.2) is 0 Å². The number of hydrogen-bond acceptors (Lipinski definition) is 7. The summed E-state index contributed by atoms with van der Waals surface area (Å²) in [5, 5.41) is 46.7. The number of aliphatic hydroxyl groups is 1. The normalized spacial score (nSPS) is 14.9. The van der Waals surface area contributed by atoms with E-state index in [4.69, 9.17) is 9.47 Å². The Morgan fingerprint density at radius 2 is 1.59 bits per heavy atom. The zero-order valence-electron chi connectivity index (χ0n) is 33.5. The SMILES string of the molecule is CCc1ccc2ccccc2c1Cc1c(CC(Cc2cc[nH]c2)C(O)CC(=O)C(Cc2ccc(O)c(OC3CCCCC3)c2)c2cccc(O)c2)ccc(O)c1OC. The smallest absolute Gasteiger partial charge is 0.164 e. The van der Waals surface area contributed by atoms with E-state index in [1.165, 1.54) is 17.5 Å². The molecule has 3 atom stereocenters. The Morgan fingerprint density at radius 1 is 0.793 bits per heavy atom. The van der Waals surface area contributed by atoms with Gasteiger partial charge in [0, 0.05) is 36.7 Å². The Morgan fingerprint density at radius 3 is 2.34 bits per heavy atom. The van der Waals surface area contributed by atoms with Gasteiger partial charge in [0.1, 0.15) is 11.5 Å². The summed E-state index contributed by atoms with van der Waals surface area (Å²) in [6.45, 7) is 2.14. The lowest BCUT2D eigenvalue weighted by molar-refractivity contribution is -0.123. The fourth-order valence-electron chi connectivity index (χ4n) is 8.83. The van der Waals surface area contributed by atoms with Crippen molar-refractivity contribution in [2.24, 2.45) is 5.92 Å². The van der Waals surface area contributed by atoms with Crippen molar-refractivity contribution < 1.29 is 34.7 Å². The average molecular weight is 782 g/mol. The lowest BCUT2D eigenvalue weighted by atomic mass is 9.80. The zero-order valence-corrected chi connectivity index (χ0v) is 33.5. The molecule has 1 aromatic heterocycles. The van der Waals surface area contributed by atoms with E-state index in [0.717, 1.165) is 65.1 Å². The summed E-state index contributed by atoms with van der Waals surface area (Å²) >= 11 is 0. The number of methoxy groups -OCH3 is 1. The molecule has 0 radical (unpaired) electrons. The number of Topliss-reactive ketones (excluding diaryl/α,β-unsaturated/α-hetero) is 1. The van der Waals surface area contributed by atoms with E-state index in [2.05, 4.69) is 36.2 Å². The van der Waals surface area contributed by atoms with Crippen molar-refractivity contribution >= 4 is 16.6 Å². The zero-order chi connectivity index (χ0) is 40.6. The van der Waals surface area contributed by atoms with Crippen molar-refractivity contribution in [3.8, 4) is 28.7 Å². The molecule has 1 saturated carbocycles. The van der Waals surface area contributed by atoms with Gasteiger partial charge in [-0.1, -0.05) is 74.0 Å². The number of benzene rings is 5. The molecular formula is C50H55NO7. The number of nitrogens with one attached hydrogen (secondary N) is 1. The van der Waals surface area contributed by atoms with Crippen LogP contribution in [0.25, 0.3) is 10.8 Å². The summed E-state index contributed by atoms with van der Waals surface area (Å²) in [6.07, 6.45) is 10.5. The van der Waals surface area contributed by atoms with Crippen LogP contribution in [-0.4, -0.2) is 50.5 Å². The number of phenolic OH excluding ortho intramolecular Hbond substituents is 3. The average Bonchev–Trinajstić information content (AvgIpc) is 3.75. The van der Waals surface area contributed by atoms with E-state index in [0.29, 0.717) is 42.7 Å². The number of ether oxygens (including phenoxy) is 2. The van der Waals surface area contributed by atoms with Crippen molar-refractivity contribution in [1.29, 1.82) is 0 Å². The Balaban J connectivity index is 1.19. The number of fused-ring (bicyclic) bond motifs is 1. The number of aliphatic hydroxyl groups excluding tert-OH is 1. The van der Waals surface area contributed by atoms with Crippen LogP contribution < -0.4 is 9.47 Å². The first-order valence-corrected chi connectivity index (χ1v) is 20.7. The number of aryl methyl sites for hydroxylation is 1. The quantitative estimate of drug-likeness (QED) is 0.0623. The van der Waals surface area contributed by atoms with Crippen molar-refractivity contribution in [2.75, 3.05) is 7.11 Å². The Hall–Kier alpha value is -5.73. The predicted octanol–water partition coefficient (Wildman–Crippen LogP) is 9.91. The summed E-state index contributed by atoms with van der Waals surface area (Å²) in [7, 11) is 1.57. The molecule has 302 valence electrons. The highest BCUT2D eigenvalue weighted by Crippen LogP contribution is 2.39. The van der Waals surface area contributed by atoms with E-state index >= 15 is 0 Å². The number of rotatable bonds is 17. The lowest BCUT2D eigenvalue weighted by Crippen LogP contribution is -2.30. The number of H-pyrrole nitrogens is 1. The van der Waals surface area contributed by atoms with Gasteiger partial charge in [-0.15, -0.1) is 0 Å². The Bertz CT molecular complexity index is 2310. The van der Waals surface area contributed by atoms with Crippen LogP contribution in [0.2, 0.25) is 0 Å². The van der Waals surface area contributed by atoms with E-state index in [1.54, 1.807) is 43.5 Å². The number of hydrogen-bond donors (Lipinski definition) is 5. The molecule has 0 bridgehead atoms. The minimum atomic E-state index is -1.02. The molecule has 1 heterocycles. The van der Waals surface area contributed by atoms with Crippen LogP contribution in [0.3, 0.4) is 0 Å². The number of ketones is 1. The second-order valence-electron chi connectivity index (χ2n) is 15.9. The van der Waals surface area contributed by atoms with Crippen molar-refractivity contribution in [3.63, 3.8) is 0 Å². The number of carbonyl (C=O) groups is 1. The Labute approximate surface area is 341 Å². The van der Waals surface area contributed by atoms with Gasteiger partial charge in [-0.05, 0) is 138 Å². The maximum absolute atomic E-state index is 14.6. The highest BCUT2D eigenvalue weighted by atomic mass is 16.5. The fourth-order valence-corrected chi connectivity index (χ4v) is 8.83.